The summed E-state index contributed by atoms with van der Waals surface area (Å²) in [7, 11) is 1.83. The molecule has 2 rings (SSSR count). The van der Waals surface area contributed by atoms with Crippen LogP contribution < -0.4 is 5.32 Å². The van der Waals surface area contributed by atoms with Gasteiger partial charge in [0.2, 0.25) is 5.91 Å². The van der Waals surface area contributed by atoms with E-state index in [-0.39, 0.29) is 12.0 Å². The van der Waals surface area contributed by atoms with Crippen LogP contribution in [0.5, 0.6) is 0 Å². The minimum atomic E-state index is 0.0231. The van der Waals surface area contributed by atoms with Gasteiger partial charge in [0.05, 0.1) is 18.8 Å². The summed E-state index contributed by atoms with van der Waals surface area (Å²) in [6.45, 7) is 6.60. The normalized spacial score (nSPS) is 16.0. The van der Waals surface area contributed by atoms with Crippen LogP contribution in [-0.4, -0.2) is 42.5 Å². The van der Waals surface area contributed by atoms with Gasteiger partial charge in [0.15, 0.2) is 0 Å². The van der Waals surface area contributed by atoms with Crippen molar-refractivity contribution >= 4 is 17.2 Å². The zero-order valence-corrected chi connectivity index (χ0v) is 13.9. The van der Waals surface area contributed by atoms with Gasteiger partial charge in [-0.2, -0.15) is 0 Å². The largest absolute Gasteiger partial charge is 0.372 e. The lowest BCUT2D eigenvalue weighted by Crippen LogP contribution is -2.35. The van der Waals surface area contributed by atoms with Gasteiger partial charge in [0.1, 0.15) is 11.1 Å². The van der Waals surface area contributed by atoms with Gasteiger partial charge in [-0.3, -0.25) is 4.79 Å². The molecule has 0 radical (unpaired) electrons. The van der Waals surface area contributed by atoms with Gasteiger partial charge in [-0.25, -0.2) is 4.98 Å². The number of likely N-dealkylation sites (N-methyl/N-ethyl adjacent to an activating group) is 1. The van der Waals surface area contributed by atoms with Crippen LogP contribution in [0.4, 0.5) is 0 Å². The quantitative estimate of drug-likeness (QED) is 0.759. The van der Waals surface area contributed by atoms with E-state index in [1.54, 1.807) is 16.2 Å². The van der Waals surface area contributed by atoms with E-state index >= 15 is 0 Å². The third kappa shape index (κ3) is 5.37. The SMILES string of the molecule is CCOC(C)c1nc(CN(C)C(=O)CNCC2CC2)cs1. The van der Waals surface area contributed by atoms with Crippen molar-refractivity contribution in [3.8, 4) is 0 Å². The van der Waals surface area contributed by atoms with Crippen LogP contribution in [0.15, 0.2) is 5.38 Å². The highest BCUT2D eigenvalue weighted by Gasteiger charge is 2.21. The maximum Gasteiger partial charge on any atom is 0.236 e. The minimum Gasteiger partial charge on any atom is -0.372 e. The van der Waals surface area contributed by atoms with Crippen molar-refractivity contribution in [3.05, 3.63) is 16.1 Å². The van der Waals surface area contributed by atoms with Crippen molar-refractivity contribution in [2.24, 2.45) is 5.92 Å². The molecule has 0 spiro atoms. The number of rotatable bonds is 9. The first-order valence-corrected chi connectivity index (χ1v) is 8.48. The number of carbonyl (C=O) groups excluding carboxylic acids is 1. The predicted octanol–water partition coefficient (Wildman–Crippen LogP) is 2.20. The van der Waals surface area contributed by atoms with Crippen molar-refractivity contribution in [2.45, 2.75) is 39.3 Å². The smallest absolute Gasteiger partial charge is 0.236 e. The molecular weight excluding hydrogens is 286 g/mol. The third-order valence-electron chi connectivity index (χ3n) is 3.57. The van der Waals surface area contributed by atoms with E-state index in [1.165, 1.54) is 12.8 Å². The molecule has 0 aliphatic heterocycles. The lowest BCUT2D eigenvalue weighted by molar-refractivity contribution is -0.129. The van der Waals surface area contributed by atoms with E-state index in [4.69, 9.17) is 4.74 Å². The first-order valence-electron chi connectivity index (χ1n) is 7.60. The van der Waals surface area contributed by atoms with Crippen molar-refractivity contribution in [1.82, 2.24) is 15.2 Å². The summed E-state index contributed by atoms with van der Waals surface area (Å²) in [6.07, 6.45) is 2.63. The van der Waals surface area contributed by atoms with Crippen LogP contribution in [-0.2, 0) is 16.1 Å². The van der Waals surface area contributed by atoms with E-state index in [1.807, 2.05) is 26.3 Å². The molecule has 1 aliphatic rings. The molecule has 1 aliphatic carbocycles. The Hall–Kier alpha value is -0.980. The Morgan fingerprint density at radius 3 is 3.05 bits per heavy atom. The summed E-state index contributed by atoms with van der Waals surface area (Å²) in [5.41, 5.74) is 0.930. The number of nitrogens with one attached hydrogen (secondary N) is 1. The fourth-order valence-electron chi connectivity index (χ4n) is 2.07. The van der Waals surface area contributed by atoms with E-state index in [0.29, 0.717) is 19.7 Å². The van der Waals surface area contributed by atoms with Crippen LogP contribution in [0.2, 0.25) is 0 Å². The average Bonchev–Trinajstić information content (AvgIpc) is 3.16. The Morgan fingerprint density at radius 1 is 1.62 bits per heavy atom. The Bertz CT molecular complexity index is 460. The molecule has 0 saturated heterocycles. The topological polar surface area (TPSA) is 54.5 Å². The second-order valence-electron chi connectivity index (χ2n) is 5.60. The van der Waals surface area contributed by atoms with Gasteiger partial charge >= 0.3 is 0 Å². The number of hydrogen-bond acceptors (Lipinski definition) is 5. The molecule has 0 aromatic carbocycles. The summed E-state index contributed by atoms with van der Waals surface area (Å²) >= 11 is 1.59. The molecule has 1 atom stereocenters. The van der Waals surface area contributed by atoms with Crippen LogP contribution in [0.25, 0.3) is 0 Å². The summed E-state index contributed by atoms with van der Waals surface area (Å²) in [4.78, 5) is 18.3. The van der Waals surface area contributed by atoms with Crippen LogP contribution >= 0.6 is 11.3 Å². The molecule has 1 unspecified atom stereocenters. The summed E-state index contributed by atoms with van der Waals surface area (Å²) in [5.74, 6) is 0.910. The minimum absolute atomic E-state index is 0.0231. The molecule has 1 saturated carbocycles. The average molecular weight is 311 g/mol. The van der Waals surface area contributed by atoms with Gasteiger partial charge in [0, 0.05) is 19.0 Å². The van der Waals surface area contributed by atoms with E-state index in [0.717, 1.165) is 23.2 Å². The number of ether oxygens (including phenoxy) is 1. The van der Waals surface area contributed by atoms with Gasteiger partial charge in [-0.1, -0.05) is 0 Å². The number of thiazole rings is 1. The van der Waals surface area contributed by atoms with Crippen molar-refractivity contribution in [2.75, 3.05) is 26.7 Å². The lowest BCUT2D eigenvalue weighted by atomic mass is 10.4. The summed E-state index contributed by atoms with van der Waals surface area (Å²) in [6, 6.07) is 0. The summed E-state index contributed by atoms with van der Waals surface area (Å²) in [5, 5.41) is 6.20. The van der Waals surface area contributed by atoms with Gasteiger partial charge in [-0.15, -0.1) is 11.3 Å². The van der Waals surface area contributed by atoms with Gasteiger partial charge in [-0.05, 0) is 39.2 Å². The van der Waals surface area contributed by atoms with Gasteiger partial charge in [0.25, 0.3) is 0 Å². The second kappa shape index (κ2) is 7.87. The molecule has 5 nitrogen and oxygen atoms in total. The highest BCUT2D eigenvalue weighted by molar-refractivity contribution is 7.09. The number of aromatic nitrogens is 1. The molecule has 0 bridgehead atoms. The molecular formula is C15H25N3O2S. The second-order valence-corrected chi connectivity index (χ2v) is 6.49. The first-order chi connectivity index (χ1) is 10.1. The predicted molar refractivity (Wildman–Crippen MR) is 84.2 cm³/mol. The lowest BCUT2D eigenvalue weighted by Gasteiger charge is -2.16. The summed E-state index contributed by atoms with van der Waals surface area (Å²) < 4.78 is 5.53. The Labute approximate surface area is 130 Å². The molecule has 1 aromatic heterocycles. The van der Waals surface area contributed by atoms with Crippen LogP contribution in [0.1, 0.15) is 43.5 Å². The first kappa shape index (κ1) is 16.4. The fraction of sp³-hybridized carbons (Fsp3) is 0.733. The number of carbonyl (C=O) groups is 1. The third-order valence-corrected chi connectivity index (χ3v) is 4.62. The van der Waals surface area contributed by atoms with Gasteiger partial charge < -0.3 is 15.0 Å². The molecule has 1 N–H and O–H groups in total. The number of nitrogens with zero attached hydrogens (tertiary/aromatic N) is 2. The maximum atomic E-state index is 12.0. The molecule has 21 heavy (non-hydrogen) atoms. The van der Waals surface area contributed by atoms with E-state index < -0.39 is 0 Å². The van der Waals surface area contributed by atoms with Crippen LogP contribution in [0, 0.1) is 5.92 Å². The number of amides is 1. The molecule has 1 heterocycles. The Balaban J connectivity index is 1.75. The van der Waals surface area contributed by atoms with E-state index in [2.05, 4.69) is 10.3 Å². The monoisotopic (exact) mass is 311 g/mol. The van der Waals surface area contributed by atoms with Crippen molar-refractivity contribution in [1.29, 1.82) is 0 Å². The molecule has 1 aromatic rings. The Morgan fingerprint density at radius 2 is 2.38 bits per heavy atom. The standard InChI is InChI=1S/C15H25N3O2S/c1-4-20-11(2)15-17-13(10-21-15)9-18(3)14(19)8-16-7-12-5-6-12/h10-12,16H,4-9H2,1-3H3. The molecule has 1 fully saturated rings. The maximum absolute atomic E-state index is 12.0. The van der Waals surface area contributed by atoms with E-state index in [9.17, 15) is 4.79 Å². The zero-order valence-electron chi connectivity index (χ0n) is 13.1. The molecule has 1 amide bonds. The van der Waals surface area contributed by atoms with Crippen molar-refractivity contribution in [3.63, 3.8) is 0 Å². The zero-order chi connectivity index (χ0) is 15.2. The molecule has 118 valence electrons. The van der Waals surface area contributed by atoms with Crippen molar-refractivity contribution < 1.29 is 9.53 Å². The molecule has 6 heteroatoms. The highest BCUT2D eigenvalue weighted by atomic mass is 32.1. The van der Waals surface area contributed by atoms with Crippen LogP contribution in [0.3, 0.4) is 0 Å². The highest BCUT2D eigenvalue weighted by Crippen LogP contribution is 2.27. The fourth-order valence-corrected chi connectivity index (χ4v) is 2.89. The Kier molecular flexibility index (Phi) is 6.14. The number of hydrogen-bond donors (Lipinski definition) is 1.